The van der Waals surface area contributed by atoms with Crippen molar-refractivity contribution in [1.82, 2.24) is 9.78 Å². The first kappa shape index (κ1) is 13.6. The Balaban J connectivity index is 1.72. The average molecular weight is 297 g/mol. The summed E-state index contributed by atoms with van der Waals surface area (Å²) in [5.41, 5.74) is 1.90. The predicted molar refractivity (Wildman–Crippen MR) is 84.8 cm³/mol. The molecule has 0 bridgehead atoms. The SMILES string of the molecule is Cc1ccc(C(=O)Nc2cccc(Cn3cccn3)c2)s1. The predicted octanol–water partition coefficient (Wildman–Crippen LogP) is 3.55. The van der Waals surface area contributed by atoms with Gasteiger partial charge in [-0.15, -0.1) is 11.3 Å². The maximum atomic E-state index is 12.1. The molecule has 0 aliphatic rings. The van der Waals surface area contributed by atoms with Gasteiger partial charge in [0.05, 0.1) is 11.4 Å². The van der Waals surface area contributed by atoms with Gasteiger partial charge in [0.25, 0.3) is 5.91 Å². The van der Waals surface area contributed by atoms with E-state index < -0.39 is 0 Å². The van der Waals surface area contributed by atoms with Crippen LogP contribution in [0.15, 0.2) is 54.9 Å². The highest BCUT2D eigenvalue weighted by Crippen LogP contribution is 2.18. The smallest absolute Gasteiger partial charge is 0.265 e. The normalized spacial score (nSPS) is 10.5. The van der Waals surface area contributed by atoms with E-state index in [0.717, 1.165) is 21.0 Å². The van der Waals surface area contributed by atoms with Crippen molar-refractivity contribution in [2.75, 3.05) is 5.32 Å². The lowest BCUT2D eigenvalue weighted by molar-refractivity contribution is 0.103. The molecule has 0 unspecified atom stereocenters. The number of aryl methyl sites for hydroxylation is 1. The van der Waals surface area contributed by atoms with Crippen LogP contribution in [0.25, 0.3) is 0 Å². The van der Waals surface area contributed by atoms with Crippen molar-refractivity contribution in [2.45, 2.75) is 13.5 Å². The summed E-state index contributed by atoms with van der Waals surface area (Å²) in [7, 11) is 0. The van der Waals surface area contributed by atoms with Crippen LogP contribution in [0, 0.1) is 6.92 Å². The minimum absolute atomic E-state index is 0.0654. The molecule has 1 aromatic carbocycles. The molecule has 3 rings (SSSR count). The zero-order valence-electron chi connectivity index (χ0n) is 11.6. The van der Waals surface area contributed by atoms with Crippen molar-refractivity contribution in [3.8, 4) is 0 Å². The standard InChI is InChI=1S/C16H15N3OS/c1-12-6-7-15(21-12)16(20)18-14-5-2-4-13(10-14)11-19-9-3-8-17-19/h2-10H,11H2,1H3,(H,18,20). The second-order valence-corrected chi connectivity index (χ2v) is 6.06. The lowest BCUT2D eigenvalue weighted by Gasteiger charge is -2.07. The van der Waals surface area contributed by atoms with Crippen LogP contribution < -0.4 is 5.32 Å². The van der Waals surface area contributed by atoms with Gasteiger partial charge in [0.15, 0.2) is 0 Å². The average Bonchev–Trinajstić information content (AvgIpc) is 3.11. The van der Waals surface area contributed by atoms with E-state index in [9.17, 15) is 4.79 Å². The minimum atomic E-state index is -0.0654. The zero-order chi connectivity index (χ0) is 14.7. The summed E-state index contributed by atoms with van der Waals surface area (Å²) in [6.07, 6.45) is 3.67. The molecule has 5 heteroatoms. The number of anilines is 1. The second kappa shape index (κ2) is 5.93. The number of nitrogens with one attached hydrogen (secondary N) is 1. The first-order valence-corrected chi connectivity index (χ1v) is 7.46. The molecule has 3 aromatic rings. The second-order valence-electron chi connectivity index (χ2n) is 4.77. The van der Waals surface area contributed by atoms with E-state index in [2.05, 4.69) is 10.4 Å². The molecule has 1 amide bonds. The van der Waals surface area contributed by atoms with Gasteiger partial charge in [-0.1, -0.05) is 12.1 Å². The highest BCUT2D eigenvalue weighted by Gasteiger charge is 2.08. The van der Waals surface area contributed by atoms with Gasteiger partial charge in [0.2, 0.25) is 0 Å². The van der Waals surface area contributed by atoms with Gasteiger partial charge in [-0.25, -0.2) is 0 Å². The molecule has 0 radical (unpaired) electrons. The van der Waals surface area contributed by atoms with Gasteiger partial charge >= 0.3 is 0 Å². The maximum Gasteiger partial charge on any atom is 0.265 e. The topological polar surface area (TPSA) is 46.9 Å². The van der Waals surface area contributed by atoms with Crippen LogP contribution in [0.1, 0.15) is 20.1 Å². The van der Waals surface area contributed by atoms with Crippen LogP contribution >= 0.6 is 11.3 Å². The number of amides is 1. The Morgan fingerprint density at radius 1 is 1.29 bits per heavy atom. The summed E-state index contributed by atoms with van der Waals surface area (Å²) in [6.45, 7) is 2.68. The lowest BCUT2D eigenvalue weighted by atomic mass is 10.2. The Bertz CT molecular complexity index is 746. The van der Waals surface area contributed by atoms with E-state index in [0.29, 0.717) is 6.54 Å². The Morgan fingerprint density at radius 2 is 2.19 bits per heavy atom. The molecule has 106 valence electrons. The summed E-state index contributed by atoms with van der Waals surface area (Å²) in [4.78, 5) is 14.0. The van der Waals surface area contributed by atoms with E-state index in [1.807, 2.05) is 60.3 Å². The molecule has 1 N–H and O–H groups in total. The molecule has 0 saturated heterocycles. The van der Waals surface area contributed by atoms with Crippen molar-refractivity contribution >= 4 is 22.9 Å². The molecule has 2 aromatic heterocycles. The van der Waals surface area contributed by atoms with E-state index in [1.54, 1.807) is 6.20 Å². The number of hydrogen-bond acceptors (Lipinski definition) is 3. The number of benzene rings is 1. The van der Waals surface area contributed by atoms with Crippen LogP contribution in [-0.2, 0) is 6.54 Å². The minimum Gasteiger partial charge on any atom is -0.321 e. The monoisotopic (exact) mass is 297 g/mol. The van der Waals surface area contributed by atoms with Gasteiger partial charge in [0.1, 0.15) is 0 Å². The third-order valence-electron chi connectivity index (χ3n) is 3.05. The lowest BCUT2D eigenvalue weighted by Crippen LogP contribution is -2.10. The number of aromatic nitrogens is 2. The molecule has 0 fully saturated rings. The summed E-state index contributed by atoms with van der Waals surface area (Å²) < 4.78 is 1.85. The van der Waals surface area contributed by atoms with Crippen LogP contribution in [0.4, 0.5) is 5.69 Å². The Hall–Kier alpha value is -2.40. The largest absolute Gasteiger partial charge is 0.321 e. The molecule has 0 aliphatic carbocycles. The number of rotatable bonds is 4. The number of nitrogens with zero attached hydrogens (tertiary/aromatic N) is 2. The molecular formula is C16H15N3OS. The van der Waals surface area contributed by atoms with E-state index in [1.165, 1.54) is 11.3 Å². The molecule has 0 atom stereocenters. The van der Waals surface area contributed by atoms with E-state index >= 15 is 0 Å². The van der Waals surface area contributed by atoms with Crippen molar-refractivity contribution < 1.29 is 4.79 Å². The molecule has 4 nitrogen and oxygen atoms in total. The summed E-state index contributed by atoms with van der Waals surface area (Å²) in [5, 5.41) is 7.12. The number of carbonyl (C=O) groups excluding carboxylic acids is 1. The third-order valence-corrected chi connectivity index (χ3v) is 4.05. The molecular weight excluding hydrogens is 282 g/mol. The molecule has 21 heavy (non-hydrogen) atoms. The van der Waals surface area contributed by atoms with Crippen molar-refractivity contribution in [3.05, 3.63) is 70.2 Å². The number of hydrogen-bond donors (Lipinski definition) is 1. The van der Waals surface area contributed by atoms with Gasteiger partial charge in [-0.2, -0.15) is 5.10 Å². The highest BCUT2D eigenvalue weighted by atomic mass is 32.1. The van der Waals surface area contributed by atoms with Crippen LogP contribution in [0.5, 0.6) is 0 Å². The molecule has 2 heterocycles. The van der Waals surface area contributed by atoms with Gasteiger partial charge in [-0.05, 0) is 42.8 Å². The van der Waals surface area contributed by atoms with Crippen molar-refractivity contribution in [1.29, 1.82) is 0 Å². The van der Waals surface area contributed by atoms with Gasteiger partial charge < -0.3 is 5.32 Å². The van der Waals surface area contributed by atoms with Gasteiger partial charge in [0, 0.05) is 23.0 Å². The van der Waals surface area contributed by atoms with E-state index in [4.69, 9.17) is 0 Å². The quantitative estimate of drug-likeness (QED) is 0.800. The summed E-state index contributed by atoms with van der Waals surface area (Å²) in [5.74, 6) is -0.0654. The fourth-order valence-corrected chi connectivity index (χ4v) is 2.84. The fourth-order valence-electron chi connectivity index (χ4n) is 2.08. The molecule has 0 aliphatic heterocycles. The van der Waals surface area contributed by atoms with Crippen molar-refractivity contribution in [3.63, 3.8) is 0 Å². The van der Waals surface area contributed by atoms with Crippen LogP contribution in [0.3, 0.4) is 0 Å². The number of carbonyl (C=O) groups is 1. The Kier molecular flexibility index (Phi) is 3.83. The summed E-state index contributed by atoms with van der Waals surface area (Å²) >= 11 is 1.50. The summed E-state index contributed by atoms with van der Waals surface area (Å²) in [6, 6.07) is 13.5. The molecule has 0 spiro atoms. The third kappa shape index (κ3) is 3.38. The highest BCUT2D eigenvalue weighted by molar-refractivity contribution is 7.14. The van der Waals surface area contributed by atoms with Crippen molar-refractivity contribution in [2.24, 2.45) is 0 Å². The van der Waals surface area contributed by atoms with Crippen LogP contribution in [0.2, 0.25) is 0 Å². The maximum absolute atomic E-state index is 12.1. The Morgan fingerprint density at radius 3 is 2.90 bits per heavy atom. The fraction of sp³-hybridized carbons (Fsp3) is 0.125. The van der Waals surface area contributed by atoms with Gasteiger partial charge in [-0.3, -0.25) is 9.48 Å². The molecule has 0 saturated carbocycles. The first-order chi connectivity index (χ1) is 10.2. The Labute approximate surface area is 127 Å². The first-order valence-electron chi connectivity index (χ1n) is 6.65. The van der Waals surface area contributed by atoms with Crippen LogP contribution in [-0.4, -0.2) is 15.7 Å². The number of thiophene rings is 1. The zero-order valence-corrected chi connectivity index (χ0v) is 12.4. The van der Waals surface area contributed by atoms with E-state index in [-0.39, 0.29) is 5.91 Å².